The fourth-order valence-electron chi connectivity index (χ4n) is 5.61. The number of aliphatic carboxylic acids is 1. The van der Waals surface area contributed by atoms with Gasteiger partial charge in [0.1, 0.15) is 6.61 Å². The predicted molar refractivity (Wildman–Crippen MR) is 128 cm³/mol. The molecule has 8 nitrogen and oxygen atoms in total. The van der Waals surface area contributed by atoms with E-state index in [9.17, 15) is 19.5 Å². The van der Waals surface area contributed by atoms with Gasteiger partial charge >= 0.3 is 12.1 Å². The van der Waals surface area contributed by atoms with E-state index in [2.05, 4.69) is 34.9 Å². The number of carbonyl (C=O) groups is 3. The third-order valence-electron chi connectivity index (χ3n) is 7.43. The van der Waals surface area contributed by atoms with Crippen LogP contribution in [0.3, 0.4) is 0 Å². The molecule has 1 saturated carbocycles. The number of rotatable bonds is 7. The van der Waals surface area contributed by atoms with E-state index in [-0.39, 0.29) is 49.6 Å². The first-order valence-corrected chi connectivity index (χ1v) is 12.2. The van der Waals surface area contributed by atoms with Crippen LogP contribution < -0.4 is 10.6 Å². The van der Waals surface area contributed by atoms with Crippen molar-refractivity contribution >= 4 is 18.0 Å². The molecule has 1 saturated heterocycles. The molecule has 0 aromatic heterocycles. The Kier molecular flexibility index (Phi) is 6.72. The Bertz CT molecular complexity index is 1070. The number of amides is 2. The molecule has 0 bridgehead atoms. The van der Waals surface area contributed by atoms with Crippen molar-refractivity contribution in [2.75, 3.05) is 19.8 Å². The summed E-state index contributed by atoms with van der Waals surface area (Å²) in [7, 11) is 0. The maximum absolute atomic E-state index is 12.6. The average molecular weight is 479 g/mol. The molecule has 1 heterocycles. The summed E-state index contributed by atoms with van der Waals surface area (Å²) in [6, 6.07) is 16.0. The van der Waals surface area contributed by atoms with E-state index < -0.39 is 18.0 Å². The second kappa shape index (κ2) is 10.1. The molecule has 35 heavy (non-hydrogen) atoms. The number of carboxylic acid groups (broad SMARTS) is 1. The van der Waals surface area contributed by atoms with Gasteiger partial charge in [-0.05, 0) is 41.5 Å². The first kappa shape index (κ1) is 23.4. The van der Waals surface area contributed by atoms with Crippen LogP contribution in [-0.4, -0.2) is 55.0 Å². The molecular weight excluding hydrogens is 448 g/mol. The van der Waals surface area contributed by atoms with Gasteiger partial charge in [0.2, 0.25) is 5.91 Å². The molecule has 2 aromatic carbocycles. The Labute approximate surface area is 204 Å². The number of fused-ring (bicyclic) bond motifs is 3. The van der Waals surface area contributed by atoms with Crippen LogP contribution in [0.15, 0.2) is 48.5 Å². The van der Waals surface area contributed by atoms with Gasteiger partial charge in [0.05, 0.1) is 24.5 Å². The Hall–Kier alpha value is -3.39. The van der Waals surface area contributed by atoms with Crippen LogP contribution in [0.25, 0.3) is 11.1 Å². The zero-order valence-corrected chi connectivity index (χ0v) is 19.4. The average Bonchev–Trinajstić information content (AvgIpc) is 3.59. The van der Waals surface area contributed by atoms with Crippen molar-refractivity contribution in [1.29, 1.82) is 0 Å². The summed E-state index contributed by atoms with van der Waals surface area (Å²) in [5.74, 6) is -1.91. The molecule has 2 fully saturated rings. The van der Waals surface area contributed by atoms with Crippen molar-refractivity contribution in [3.05, 3.63) is 59.7 Å². The molecule has 5 rings (SSSR count). The molecule has 4 atom stereocenters. The standard InChI is InChI=1S/C27H30N2O6/c30-25(29-24-11-5-10-22(24)26(31)32)16-12-17(34-14-16)13-28-27(33)35-15-23-20-8-3-1-6-18(20)19-7-2-4-9-21(19)23/h1-4,6-9,16-17,22-24H,5,10-15H2,(H,28,33)(H,29,30)(H,31,32)/t16?,17?,22-,24+/m1/s1. The highest BCUT2D eigenvalue weighted by Crippen LogP contribution is 2.44. The topological polar surface area (TPSA) is 114 Å². The molecule has 1 aliphatic heterocycles. The summed E-state index contributed by atoms with van der Waals surface area (Å²) in [6.07, 6.45) is 1.75. The molecule has 3 aliphatic rings. The van der Waals surface area contributed by atoms with E-state index in [1.807, 2.05) is 24.3 Å². The van der Waals surface area contributed by atoms with Crippen molar-refractivity contribution < 1.29 is 29.0 Å². The van der Waals surface area contributed by atoms with E-state index >= 15 is 0 Å². The molecule has 2 amide bonds. The number of benzene rings is 2. The van der Waals surface area contributed by atoms with E-state index in [0.29, 0.717) is 19.3 Å². The van der Waals surface area contributed by atoms with Crippen molar-refractivity contribution in [1.82, 2.24) is 10.6 Å². The quantitative estimate of drug-likeness (QED) is 0.563. The van der Waals surface area contributed by atoms with E-state index in [0.717, 1.165) is 17.5 Å². The maximum atomic E-state index is 12.6. The molecule has 2 unspecified atom stereocenters. The Morgan fingerprint density at radius 3 is 2.37 bits per heavy atom. The molecule has 184 valence electrons. The summed E-state index contributed by atoms with van der Waals surface area (Å²) in [6.45, 7) is 0.748. The zero-order chi connectivity index (χ0) is 24.4. The van der Waals surface area contributed by atoms with Gasteiger partial charge in [-0.2, -0.15) is 0 Å². The maximum Gasteiger partial charge on any atom is 0.407 e. The van der Waals surface area contributed by atoms with E-state index in [1.54, 1.807) is 0 Å². The van der Waals surface area contributed by atoms with Crippen molar-refractivity contribution in [2.45, 2.75) is 43.7 Å². The molecule has 3 N–H and O–H groups in total. The molecule has 0 radical (unpaired) electrons. The first-order valence-electron chi connectivity index (χ1n) is 12.2. The lowest BCUT2D eigenvalue weighted by Crippen LogP contribution is -2.43. The van der Waals surface area contributed by atoms with Gasteiger partial charge in [-0.25, -0.2) is 4.79 Å². The van der Waals surface area contributed by atoms with Crippen molar-refractivity contribution in [3.8, 4) is 11.1 Å². The minimum absolute atomic E-state index is 0.00540. The van der Waals surface area contributed by atoms with Gasteiger partial charge in [-0.3, -0.25) is 9.59 Å². The molecular formula is C27H30N2O6. The van der Waals surface area contributed by atoms with Crippen LogP contribution in [0.1, 0.15) is 42.7 Å². The van der Waals surface area contributed by atoms with E-state index in [1.165, 1.54) is 11.1 Å². The van der Waals surface area contributed by atoms with Gasteiger partial charge in [0.15, 0.2) is 0 Å². The van der Waals surface area contributed by atoms with Crippen molar-refractivity contribution in [2.24, 2.45) is 11.8 Å². The van der Waals surface area contributed by atoms with Gasteiger partial charge in [0, 0.05) is 18.5 Å². The first-order chi connectivity index (χ1) is 17.0. The monoisotopic (exact) mass is 478 g/mol. The lowest BCUT2D eigenvalue weighted by Gasteiger charge is -2.19. The number of alkyl carbamates (subject to hydrolysis) is 1. The van der Waals surface area contributed by atoms with Crippen molar-refractivity contribution in [3.63, 3.8) is 0 Å². The third kappa shape index (κ3) is 4.89. The van der Waals surface area contributed by atoms with Gasteiger partial charge < -0.3 is 25.2 Å². The van der Waals surface area contributed by atoms with Crippen LogP contribution in [0.2, 0.25) is 0 Å². The van der Waals surface area contributed by atoms with Gasteiger partial charge in [0.25, 0.3) is 0 Å². The van der Waals surface area contributed by atoms with Gasteiger partial charge in [-0.15, -0.1) is 0 Å². The number of ether oxygens (including phenoxy) is 2. The van der Waals surface area contributed by atoms with Crippen LogP contribution in [0.5, 0.6) is 0 Å². The summed E-state index contributed by atoms with van der Waals surface area (Å²) in [4.78, 5) is 36.4. The highest BCUT2D eigenvalue weighted by atomic mass is 16.5. The lowest BCUT2D eigenvalue weighted by atomic mass is 9.98. The zero-order valence-electron chi connectivity index (χ0n) is 19.4. The number of carbonyl (C=O) groups excluding carboxylic acids is 2. The van der Waals surface area contributed by atoms with Crippen LogP contribution in [-0.2, 0) is 19.1 Å². The summed E-state index contributed by atoms with van der Waals surface area (Å²) < 4.78 is 11.3. The summed E-state index contributed by atoms with van der Waals surface area (Å²) in [5.41, 5.74) is 4.66. The summed E-state index contributed by atoms with van der Waals surface area (Å²) in [5, 5.41) is 15.0. The lowest BCUT2D eigenvalue weighted by molar-refractivity contribution is -0.142. The fourth-order valence-corrected chi connectivity index (χ4v) is 5.61. The Morgan fingerprint density at radius 2 is 1.69 bits per heavy atom. The largest absolute Gasteiger partial charge is 0.481 e. The SMILES string of the molecule is O=C(NCC1CC(C(=O)N[C@H]2CCC[C@H]2C(=O)O)CO1)OCC1c2ccccc2-c2ccccc21. The number of hydrogen-bond donors (Lipinski definition) is 3. The highest BCUT2D eigenvalue weighted by molar-refractivity contribution is 5.81. The Morgan fingerprint density at radius 1 is 1.00 bits per heavy atom. The third-order valence-corrected chi connectivity index (χ3v) is 7.43. The second-order valence-electron chi connectivity index (χ2n) is 9.59. The highest BCUT2D eigenvalue weighted by Gasteiger charge is 2.37. The van der Waals surface area contributed by atoms with Crippen LogP contribution in [0.4, 0.5) is 4.79 Å². The molecule has 2 aromatic rings. The number of nitrogens with one attached hydrogen (secondary N) is 2. The van der Waals surface area contributed by atoms with Gasteiger partial charge in [-0.1, -0.05) is 55.0 Å². The minimum atomic E-state index is -0.861. The smallest absolute Gasteiger partial charge is 0.407 e. The Balaban J connectivity index is 1.08. The second-order valence-corrected chi connectivity index (χ2v) is 9.59. The molecule has 2 aliphatic carbocycles. The fraction of sp³-hybridized carbons (Fsp3) is 0.444. The number of hydrogen-bond acceptors (Lipinski definition) is 5. The molecule has 0 spiro atoms. The summed E-state index contributed by atoms with van der Waals surface area (Å²) >= 11 is 0. The molecule has 8 heteroatoms. The predicted octanol–water partition coefficient (Wildman–Crippen LogP) is 3.30. The normalized spacial score (nSPS) is 25.0. The van der Waals surface area contributed by atoms with Crippen LogP contribution in [0, 0.1) is 11.8 Å². The number of carboxylic acids is 1. The minimum Gasteiger partial charge on any atom is -0.481 e. The van der Waals surface area contributed by atoms with Crippen LogP contribution >= 0.6 is 0 Å². The van der Waals surface area contributed by atoms with E-state index in [4.69, 9.17) is 9.47 Å².